The van der Waals surface area contributed by atoms with Crippen molar-refractivity contribution >= 4 is 63.8 Å². The Labute approximate surface area is 241 Å². The summed E-state index contributed by atoms with van der Waals surface area (Å²) in [6, 6.07) is 17.5. The predicted molar refractivity (Wildman–Crippen MR) is 156 cm³/mol. The van der Waals surface area contributed by atoms with E-state index >= 15 is 0 Å². The monoisotopic (exact) mass is 584 g/mol. The van der Waals surface area contributed by atoms with Gasteiger partial charge in [0.1, 0.15) is 6.61 Å². The van der Waals surface area contributed by atoms with Gasteiger partial charge < -0.3 is 14.2 Å². The molecule has 3 aromatic carbocycles. The highest BCUT2D eigenvalue weighted by atomic mass is 35.5. The van der Waals surface area contributed by atoms with Crippen LogP contribution in [0.25, 0.3) is 6.08 Å². The summed E-state index contributed by atoms with van der Waals surface area (Å²) >= 11 is 13.5. The minimum absolute atomic E-state index is 0.153. The summed E-state index contributed by atoms with van der Waals surface area (Å²) in [5.74, 6) is 0.483. The number of hydrogen-bond acceptors (Lipinski definition) is 7. The summed E-state index contributed by atoms with van der Waals surface area (Å²) in [5.41, 5.74) is 2.52. The molecule has 0 atom stereocenters. The van der Waals surface area contributed by atoms with Gasteiger partial charge in [-0.3, -0.25) is 9.69 Å². The molecule has 3 aromatic rings. The van der Waals surface area contributed by atoms with Gasteiger partial charge in [-0.15, -0.1) is 0 Å². The van der Waals surface area contributed by atoms with Crippen LogP contribution in [-0.4, -0.2) is 42.2 Å². The summed E-state index contributed by atoms with van der Waals surface area (Å²) in [6.07, 6.45) is 1.79. The number of thioether (sulfide) groups is 1. The van der Waals surface area contributed by atoms with Crippen LogP contribution in [0.1, 0.15) is 35.3 Å². The molecule has 0 aliphatic carbocycles. The number of methoxy groups -OCH3 is 1. The Bertz CT molecular complexity index is 1460. The minimum atomic E-state index is -0.416. The molecule has 7 nitrogen and oxygen atoms in total. The van der Waals surface area contributed by atoms with Crippen molar-refractivity contribution in [1.29, 1.82) is 0 Å². The Morgan fingerprint density at radius 2 is 1.87 bits per heavy atom. The maximum absolute atomic E-state index is 13.1. The van der Waals surface area contributed by atoms with Crippen LogP contribution in [0.15, 0.2) is 70.6 Å². The van der Waals surface area contributed by atoms with Crippen molar-refractivity contribution in [3.8, 4) is 11.5 Å². The first-order valence-electron chi connectivity index (χ1n) is 12.1. The summed E-state index contributed by atoms with van der Waals surface area (Å²) in [5, 5.41) is 1.60. The molecule has 1 heterocycles. The average molecular weight is 586 g/mol. The molecule has 0 unspecified atom stereocenters. The third-order valence-electron chi connectivity index (χ3n) is 5.67. The van der Waals surface area contributed by atoms with Crippen molar-refractivity contribution < 1.29 is 23.8 Å². The van der Waals surface area contributed by atoms with Gasteiger partial charge in [-0.1, -0.05) is 41.4 Å². The number of benzene rings is 3. The fourth-order valence-corrected chi connectivity index (χ4v) is 5.26. The minimum Gasteiger partial charge on any atom is -0.493 e. The van der Waals surface area contributed by atoms with E-state index in [1.165, 1.54) is 11.8 Å². The molecule has 10 heteroatoms. The van der Waals surface area contributed by atoms with Gasteiger partial charge in [-0.25, -0.2) is 9.79 Å². The van der Waals surface area contributed by atoms with Crippen LogP contribution in [0.3, 0.4) is 0 Å². The van der Waals surface area contributed by atoms with E-state index in [4.69, 9.17) is 37.4 Å². The van der Waals surface area contributed by atoms with Gasteiger partial charge >= 0.3 is 5.97 Å². The summed E-state index contributed by atoms with van der Waals surface area (Å²) in [7, 11) is 1.55. The number of amides is 1. The van der Waals surface area contributed by atoms with E-state index in [1.807, 2.05) is 19.1 Å². The van der Waals surface area contributed by atoms with Crippen molar-refractivity contribution in [2.24, 2.45) is 4.99 Å². The standard InChI is InChI=1S/C29H26Cl2N2O5S/c1-4-33-27(34)26(39-29(33)32-22-8-6-7-19(15-22)28(35)37-5-2)14-18-9-12-24(25(13-18)36-3)38-17-20-10-11-21(30)16-23(20)31/h6-16H,4-5,17H2,1-3H3. The van der Waals surface area contributed by atoms with Gasteiger partial charge in [0.25, 0.3) is 5.91 Å². The SMILES string of the molecule is CCOC(=O)c1cccc(N=C2SC(=Cc3ccc(OCc4ccc(Cl)cc4Cl)c(OC)c3)C(=O)N2CC)c1. The summed E-state index contributed by atoms with van der Waals surface area (Å²) in [6.45, 7) is 4.61. The van der Waals surface area contributed by atoms with E-state index in [-0.39, 0.29) is 19.1 Å². The average Bonchev–Trinajstić information content (AvgIpc) is 3.21. The lowest BCUT2D eigenvalue weighted by Gasteiger charge is -2.13. The van der Waals surface area contributed by atoms with Gasteiger partial charge in [-0.2, -0.15) is 0 Å². The Kier molecular flexibility index (Phi) is 9.56. The van der Waals surface area contributed by atoms with Gasteiger partial charge in [-0.05, 0) is 79.7 Å². The molecule has 0 saturated carbocycles. The van der Waals surface area contributed by atoms with Crippen LogP contribution >= 0.6 is 35.0 Å². The second-order valence-electron chi connectivity index (χ2n) is 8.26. The highest BCUT2D eigenvalue weighted by Crippen LogP contribution is 2.36. The number of halogens is 2. The van der Waals surface area contributed by atoms with Crippen molar-refractivity contribution in [3.05, 3.63) is 92.3 Å². The molecule has 1 fully saturated rings. The van der Waals surface area contributed by atoms with Crippen LogP contribution < -0.4 is 9.47 Å². The fourth-order valence-electron chi connectivity index (χ4n) is 3.74. The smallest absolute Gasteiger partial charge is 0.338 e. The number of hydrogen-bond donors (Lipinski definition) is 0. The lowest BCUT2D eigenvalue weighted by Crippen LogP contribution is -2.28. The number of amidine groups is 1. The number of esters is 1. The highest BCUT2D eigenvalue weighted by Gasteiger charge is 2.32. The van der Waals surface area contributed by atoms with Crippen LogP contribution in [0.5, 0.6) is 11.5 Å². The molecule has 39 heavy (non-hydrogen) atoms. The second kappa shape index (κ2) is 13.1. The number of ether oxygens (including phenoxy) is 3. The summed E-state index contributed by atoms with van der Waals surface area (Å²) < 4.78 is 16.5. The number of carbonyl (C=O) groups excluding carboxylic acids is 2. The Morgan fingerprint density at radius 3 is 2.59 bits per heavy atom. The van der Waals surface area contributed by atoms with Gasteiger partial charge in [0.05, 0.1) is 29.9 Å². The van der Waals surface area contributed by atoms with E-state index < -0.39 is 5.97 Å². The Morgan fingerprint density at radius 1 is 1.05 bits per heavy atom. The zero-order valence-electron chi connectivity index (χ0n) is 21.6. The molecular formula is C29H26Cl2N2O5S. The maximum Gasteiger partial charge on any atom is 0.338 e. The zero-order valence-corrected chi connectivity index (χ0v) is 23.9. The predicted octanol–water partition coefficient (Wildman–Crippen LogP) is 7.38. The lowest BCUT2D eigenvalue weighted by atomic mass is 10.1. The molecule has 0 N–H and O–H groups in total. The molecule has 202 valence electrons. The first-order valence-corrected chi connectivity index (χ1v) is 13.7. The number of rotatable bonds is 9. The van der Waals surface area contributed by atoms with Crippen LogP contribution in [-0.2, 0) is 16.1 Å². The second-order valence-corrected chi connectivity index (χ2v) is 10.1. The van der Waals surface area contributed by atoms with Gasteiger partial charge in [0.2, 0.25) is 0 Å². The fraction of sp³-hybridized carbons (Fsp3) is 0.207. The zero-order chi connectivity index (χ0) is 27.9. The van der Waals surface area contributed by atoms with Gasteiger partial charge in [0, 0.05) is 22.2 Å². The van der Waals surface area contributed by atoms with E-state index in [0.29, 0.717) is 49.4 Å². The normalized spacial score (nSPS) is 15.2. The number of aliphatic imine (C=N–C) groups is 1. The molecule has 4 rings (SSSR count). The first-order chi connectivity index (χ1) is 18.8. The number of carbonyl (C=O) groups is 2. The number of likely N-dealkylation sites (N-methyl/N-ethyl adjacent to an activating group) is 1. The van der Waals surface area contributed by atoms with Crippen molar-refractivity contribution in [2.45, 2.75) is 20.5 Å². The van der Waals surface area contributed by atoms with Gasteiger partial charge in [0.15, 0.2) is 16.7 Å². The molecule has 0 spiro atoms. The third-order valence-corrected chi connectivity index (χ3v) is 7.26. The lowest BCUT2D eigenvalue weighted by molar-refractivity contribution is -0.122. The van der Waals surface area contributed by atoms with Crippen LogP contribution in [0, 0.1) is 0 Å². The summed E-state index contributed by atoms with van der Waals surface area (Å²) in [4.78, 5) is 32.0. The van der Waals surface area contributed by atoms with E-state index in [1.54, 1.807) is 73.5 Å². The molecular weight excluding hydrogens is 559 g/mol. The Balaban J connectivity index is 1.54. The molecule has 1 aliphatic rings. The van der Waals surface area contributed by atoms with Crippen molar-refractivity contribution in [3.63, 3.8) is 0 Å². The van der Waals surface area contributed by atoms with E-state index in [0.717, 1.165) is 11.1 Å². The van der Waals surface area contributed by atoms with Crippen LogP contribution in [0.4, 0.5) is 5.69 Å². The molecule has 0 bridgehead atoms. The molecule has 1 amide bonds. The number of nitrogens with zero attached hydrogens (tertiary/aromatic N) is 2. The van der Waals surface area contributed by atoms with E-state index in [2.05, 4.69) is 4.99 Å². The third kappa shape index (κ3) is 6.95. The topological polar surface area (TPSA) is 77.4 Å². The molecule has 1 aliphatic heterocycles. The first kappa shape index (κ1) is 28.5. The van der Waals surface area contributed by atoms with E-state index in [9.17, 15) is 9.59 Å². The molecule has 0 radical (unpaired) electrons. The largest absolute Gasteiger partial charge is 0.493 e. The highest BCUT2D eigenvalue weighted by molar-refractivity contribution is 8.18. The molecule has 0 aromatic heterocycles. The van der Waals surface area contributed by atoms with Crippen molar-refractivity contribution in [2.75, 3.05) is 20.3 Å². The quantitative estimate of drug-likeness (QED) is 0.193. The Hall–Kier alpha value is -3.46. The molecule has 1 saturated heterocycles. The van der Waals surface area contributed by atoms with Crippen LogP contribution in [0.2, 0.25) is 10.0 Å². The maximum atomic E-state index is 13.1. The van der Waals surface area contributed by atoms with Crippen molar-refractivity contribution in [1.82, 2.24) is 4.90 Å².